The molecule has 4 rings (SSSR count). The third-order valence-corrected chi connectivity index (χ3v) is 5.60. The number of aromatic nitrogens is 2. The first-order valence-electron chi connectivity index (χ1n) is 8.55. The largest absolute Gasteiger partial charge is 0.397 e. The lowest BCUT2D eigenvalue weighted by molar-refractivity contribution is 0.0631. The van der Waals surface area contributed by atoms with Crippen LogP contribution >= 0.6 is 0 Å². The minimum Gasteiger partial charge on any atom is -0.397 e. The Morgan fingerprint density at radius 3 is 2.92 bits per heavy atom. The number of rotatable bonds is 2. The summed E-state index contributed by atoms with van der Waals surface area (Å²) in [6, 6.07) is 5.56. The van der Waals surface area contributed by atoms with E-state index in [1.54, 1.807) is 4.57 Å². The molecule has 7 nitrogen and oxygen atoms in total. The molecule has 0 amide bonds. The van der Waals surface area contributed by atoms with E-state index in [1.807, 2.05) is 31.3 Å². The van der Waals surface area contributed by atoms with E-state index in [0.29, 0.717) is 24.3 Å². The first kappa shape index (κ1) is 16.1. The average Bonchev–Trinajstić information content (AvgIpc) is 2.88. The molecule has 0 radical (unpaired) electrons. The Bertz CT molecular complexity index is 879. The minimum atomic E-state index is -0.614. The van der Waals surface area contributed by atoms with E-state index in [0.717, 1.165) is 16.8 Å². The number of nitrogens with one attached hydrogen (secondary N) is 1. The van der Waals surface area contributed by atoms with Crippen LogP contribution < -0.4 is 16.7 Å². The molecule has 1 aromatic carbocycles. The molecule has 0 spiro atoms. The highest BCUT2D eigenvalue weighted by Crippen LogP contribution is 2.40. The standard InChI is InChI=1S/C18H22N4O3/c1-9-14(6-12(8-23)16(9)24)22-7-11-5-10-3-2-4-13(19)15(10)20-17(11)21-18(22)25/h2-4,7,9,12,14,16,23-24H,5-6,8,19H2,1H3,(H,20,21,25). The van der Waals surface area contributed by atoms with Crippen LogP contribution in [0.5, 0.6) is 0 Å². The molecule has 2 aromatic rings. The maximum absolute atomic E-state index is 12.6. The van der Waals surface area contributed by atoms with Crippen molar-refractivity contribution >= 4 is 17.2 Å². The first-order valence-corrected chi connectivity index (χ1v) is 8.55. The summed E-state index contributed by atoms with van der Waals surface area (Å²) in [5, 5.41) is 22.9. The van der Waals surface area contributed by atoms with Gasteiger partial charge in [-0.25, -0.2) is 4.79 Å². The van der Waals surface area contributed by atoms with E-state index in [9.17, 15) is 15.0 Å². The molecule has 4 atom stereocenters. The molecule has 0 bridgehead atoms. The van der Waals surface area contributed by atoms with E-state index in [4.69, 9.17) is 5.73 Å². The summed E-state index contributed by atoms with van der Waals surface area (Å²) in [6.07, 6.45) is 2.42. The van der Waals surface area contributed by atoms with Crippen molar-refractivity contribution in [1.29, 1.82) is 0 Å². The number of anilines is 3. The molecule has 2 heterocycles. The van der Waals surface area contributed by atoms with Crippen molar-refractivity contribution in [1.82, 2.24) is 9.55 Å². The average molecular weight is 342 g/mol. The highest BCUT2D eigenvalue weighted by atomic mass is 16.3. The van der Waals surface area contributed by atoms with Crippen LogP contribution in [0.3, 0.4) is 0 Å². The van der Waals surface area contributed by atoms with Crippen molar-refractivity contribution in [2.45, 2.75) is 31.9 Å². The Balaban J connectivity index is 1.72. The lowest BCUT2D eigenvalue weighted by Crippen LogP contribution is -2.32. The zero-order chi connectivity index (χ0) is 17.7. The second-order valence-corrected chi connectivity index (χ2v) is 7.08. The lowest BCUT2D eigenvalue weighted by atomic mass is 9.99. The van der Waals surface area contributed by atoms with Gasteiger partial charge in [-0.05, 0) is 18.1 Å². The van der Waals surface area contributed by atoms with Crippen molar-refractivity contribution in [3.8, 4) is 0 Å². The summed E-state index contributed by atoms with van der Waals surface area (Å²) in [5.74, 6) is 0.215. The molecule has 2 aliphatic rings. The van der Waals surface area contributed by atoms with Crippen LogP contribution in [0.25, 0.3) is 0 Å². The minimum absolute atomic E-state index is 0.0800. The van der Waals surface area contributed by atoms with Gasteiger partial charge in [0.15, 0.2) is 0 Å². The van der Waals surface area contributed by atoms with E-state index in [-0.39, 0.29) is 30.2 Å². The Kier molecular flexibility index (Phi) is 3.77. The monoisotopic (exact) mass is 342 g/mol. The first-order chi connectivity index (χ1) is 12.0. The number of para-hydroxylation sites is 1. The van der Waals surface area contributed by atoms with Crippen molar-refractivity contribution < 1.29 is 10.2 Å². The molecule has 7 heteroatoms. The SMILES string of the molecule is CC1C(O)C(CO)CC1n1cc2c(nc1=O)Nc1c(N)cccc1C2. The number of hydrogen-bond acceptors (Lipinski definition) is 6. The van der Waals surface area contributed by atoms with Crippen LogP contribution in [0.1, 0.15) is 30.5 Å². The molecular formula is C18H22N4O3. The van der Waals surface area contributed by atoms with Crippen molar-refractivity contribution in [2.75, 3.05) is 17.7 Å². The Hall–Kier alpha value is -2.38. The zero-order valence-corrected chi connectivity index (χ0v) is 14.0. The van der Waals surface area contributed by atoms with Crippen molar-refractivity contribution in [2.24, 2.45) is 11.8 Å². The molecule has 1 aliphatic carbocycles. The van der Waals surface area contributed by atoms with Gasteiger partial charge in [-0.2, -0.15) is 4.98 Å². The van der Waals surface area contributed by atoms with Gasteiger partial charge in [-0.3, -0.25) is 4.57 Å². The Morgan fingerprint density at radius 2 is 2.20 bits per heavy atom. The molecule has 4 unspecified atom stereocenters. The Morgan fingerprint density at radius 1 is 1.40 bits per heavy atom. The topological polar surface area (TPSA) is 113 Å². The van der Waals surface area contributed by atoms with E-state index in [1.165, 1.54) is 0 Å². The molecule has 1 fully saturated rings. The van der Waals surface area contributed by atoms with Gasteiger partial charge in [0.1, 0.15) is 5.82 Å². The lowest BCUT2D eigenvalue weighted by Gasteiger charge is -2.25. The number of aliphatic hydroxyl groups is 2. The normalized spacial score (nSPS) is 27.5. The van der Waals surface area contributed by atoms with Gasteiger partial charge in [-0.1, -0.05) is 19.1 Å². The predicted molar refractivity (Wildman–Crippen MR) is 94.8 cm³/mol. The quantitative estimate of drug-likeness (QED) is 0.517. The number of nitrogen functional groups attached to an aromatic ring is 1. The molecule has 1 saturated carbocycles. The number of nitrogens with zero attached hydrogens (tertiary/aromatic N) is 2. The van der Waals surface area contributed by atoms with Crippen molar-refractivity contribution in [3.05, 3.63) is 46.0 Å². The van der Waals surface area contributed by atoms with Crippen LogP contribution in [0.2, 0.25) is 0 Å². The van der Waals surface area contributed by atoms with Crippen LogP contribution in [-0.4, -0.2) is 32.5 Å². The van der Waals surface area contributed by atoms with Crippen LogP contribution in [0, 0.1) is 11.8 Å². The maximum atomic E-state index is 12.6. The molecule has 132 valence electrons. The predicted octanol–water partition coefficient (Wildman–Crippen LogP) is 1.02. The van der Waals surface area contributed by atoms with Gasteiger partial charge < -0.3 is 21.3 Å². The maximum Gasteiger partial charge on any atom is 0.349 e. The zero-order valence-electron chi connectivity index (χ0n) is 14.0. The molecule has 1 aromatic heterocycles. The fourth-order valence-corrected chi connectivity index (χ4v) is 4.10. The molecule has 5 N–H and O–H groups in total. The fourth-order valence-electron chi connectivity index (χ4n) is 4.10. The Labute approximate surface area is 145 Å². The van der Waals surface area contributed by atoms with Crippen LogP contribution in [-0.2, 0) is 6.42 Å². The van der Waals surface area contributed by atoms with Gasteiger partial charge in [0.05, 0.1) is 17.5 Å². The number of benzene rings is 1. The summed E-state index contributed by atoms with van der Waals surface area (Å²) < 4.78 is 1.61. The highest BCUT2D eigenvalue weighted by Gasteiger charge is 2.41. The van der Waals surface area contributed by atoms with Gasteiger partial charge >= 0.3 is 5.69 Å². The summed E-state index contributed by atoms with van der Waals surface area (Å²) in [7, 11) is 0. The third kappa shape index (κ3) is 2.51. The summed E-state index contributed by atoms with van der Waals surface area (Å²) in [6.45, 7) is 1.83. The summed E-state index contributed by atoms with van der Waals surface area (Å²) in [4.78, 5) is 16.8. The highest BCUT2D eigenvalue weighted by molar-refractivity contribution is 5.78. The number of fused-ring (bicyclic) bond motifs is 2. The number of nitrogens with two attached hydrogens (primary N) is 1. The number of hydrogen-bond donors (Lipinski definition) is 4. The van der Waals surface area contributed by atoms with E-state index >= 15 is 0 Å². The van der Waals surface area contributed by atoms with E-state index in [2.05, 4.69) is 10.3 Å². The molecule has 25 heavy (non-hydrogen) atoms. The smallest absolute Gasteiger partial charge is 0.349 e. The number of aliphatic hydroxyl groups excluding tert-OH is 2. The fraction of sp³-hybridized carbons (Fsp3) is 0.444. The van der Waals surface area contributed by atoms with Gasteiger partial charge in [0.25, 0.3) is 0 Å². The van der Waals surface area contributed by atoms with Crippen LogP contribution in [0.15, 0.2) is 29.2 Å². The molecular weight excluding hydrogens is 320 g/mol. The molecule has 1 aliphatic heterocycles. The van der Waals surface area contributed by atoms with Gasteiger partial charge in [0.2, 0.25) is 0 Å². The molecule has 0 saturated heterocycles. The van der Waals surface area contributed by atoms with Gasteiger partial charge in [-0.15, -0.1) is 0 Å². The van der Waals surface area contributed by atoms with Crippen LogP contribution in [0.4, 0.5) is 17.2 Å². The summed E-state index contributed by atoms with van der Waals surface area (Å²) >= 11 is 0. The summed E-state index contributed by atoms with van der Waals surface area (Å²) in [5.41, 5.74) is 9.08. The van der Waals surface area contributed by atoms with Gasteiger partial charge in [0, 0.05) is 42.7 Å². The second kappa shape index (κ2) is 5.86. The third-order valence-electron chi connectivity index (χ3n) is 5.60. The van der Waals surface area contributed by atoms with E-state index < -0.39 is 6.10 Å². The van der Waals surface area contributed by atoms with Crippen molar-refractivity contribution in [3.63, 3.8) is 0 Å². The second-order valence-electron chi connectivity index (χ2n) is 7.08.